The molecule has 1 amide bonds. The molecule has 0 spiro atoms. The van der Waals surface area contributed by atoms with Crippen LogP contribution in [0.3, 0.4) is 0 Å². The van der Waals surface area contributed by atoms with E-state index in [1.807, 2.05) is 32.0 Å². The van der Waals surface area contributed by atoms with Crippen LogP contribution in [0, 0.1) is 13.8 Å². The van der Waals surface area contributed by atoms with Gasteiger partial charge in [0.25, 0.3) is 0 Å². The summed E-state index contributed by atoms with van der Waals surface area (Å²) in [6, 6.07) is 5.78. The molecule has 1 saturated heterocycles. The summed E-state index contributed by atoms with van der Waals surface area (Å²) in [5.74, 6) is -0.263. The van der Waals surface area contributed by atoms with E-state index in [-0.39, 0.29) is 16.0 Å². The van der Waals surface area contributed by atoms with Crippen LogP contribution in [0.15, 0.2) is 18.2 Å². The number of nitrogens with zero attached hydrogens (tertiary/aromatic N) is 1. The molecule has 1 fully saturated rings. The highest BCUT2D eigenvalue weighted by molar-refractivity contribution is 14.1. The van der Waals surface area contributed by atoms with Crippen LogP contribution in [0.2, 0.25) is 0 Å². The van der Waals surface area contributed by atoms with Gasteiger partial charge in [0.1, 0.15) is 6.04 Å². The Labute approximate surface area is 127 Å². The maximum absolute atomic E-state index is 12.0. The number of piperazine rings is 1. The van der Waals surface area contributed by atoms with E-state index in [4.69, 9.17) is 5.73 Å². The zero-order valence-corrected chi connectivity index (χ0v) is 13.5. The van der Waals surface area contributed by atoms with Crippen molar-refractivity contribution in [3.63, 3.8) is 0 Å². The highest BCUT2D eigenvalue weighted by Gasteiger charge is 2.33. The molecule has 2 unspecified atom stereocenters. The molecule has 1 aliphatic heterocycles. The Morgan fingerprint density at radius 1 is 1.47 bits per heavy atom. The van der Waals surface area contributed by atoms with Crippen molar-refractivity contribution in [2.45, 2.75) is 23.9 Å². The van der Waals surface area contributed by atoms with Gasteiger partial charge in [0, 0.05) is 19.6 Å². The number of hydrogen-bond acceptors (Lipinski definition) is 3. The first kappa shape index (κ1) is 14.7. The Morgan fingerprint density at radius 3 is 2.63 bits per heavy atom. The molecule has 1 heterocycles. The summed E-state index contributed by atoms with van der Waals surface area (Å²) in [5, 5.41) is 3.34. The summed E-state index contributed by atoms with van der Waals surface area (Å²) < 4.78 is 0.280. The molecule has 1 aromatic rings. The van der Waals surface area contributed by atoms with Gasteiger partial charge in [-0.1, -0.05) is 40.8 Å². The second-order valence-electron chi connectivity index (χ2n) is 4.99. The molecule has 5 heteroatoms. The number of nitrogens with two attached hydrogens (primary N) is 1. The first-order valence-electron chi connectivity index (χ1n) is 6.48. The summed E-state index contributed by atoms with van der Waals surface area (Å²) in [6.07, 6.45) is 0. The van der Waals surface area contributed by atoms with Crippen LogP contribution in [-0.4, -0.2) is 34.5 Å². The van der Waals surface area contributed by atoms with Gasteiger partial charge >= 0.3 is 0 Å². The van der Waals surface area contributed by atoms with Gasteiger partial charge in [-0.2, -0.15) is 0 Å². The summed E-state index contributed by atoms with van der Waals surface area (Å²) in [4.78, 5) is 14.2. The van der Waals surface area contributed by atoms with E-state index in [0.717, 1.165) is 36.3 Å². The van der Waals surface area contributed by atoms with Crippen molar-refractivity contribution in [2.24, 2.45) is 5.73 Å². The van der Waals surface area contributed by atoms with Crippen LogP contribution in [0.5, 0.6) is 0 Å². The average molecular weight is 373 g/mol. The first-order valence-corrected chi connectivity index (χ1v) is 7.73. The first-order chi connectivity index (χ1) is 9.02. The minimum atomic E-state index is -0.329. The SMILES string of the molecule is Cc1cccc(C)c1C(C(N)=O)N1CCNCC1I. The zero-order valence-electron chi connectivity index (χ0n) is 11.3. The normalized spacial score (nSPS) is 22.2. The summed E-state index contributed by atoms with van der Waals surface area (Å²) in [5.41, 5.74) is 9.02. The Hall–Kier alpha value is -0.660. The average Bonchev–Trinajstić information content (AvgIpc) is 2.35. The molecule has 0 radical (unpaired) electrons. The van der Waals surface area contributed by atoms with E-state index in [0.29, 0.717) is 0 Å². The van der Waals surface area contributed by atoms with Gasteiger partial charge in [-0.05, 0) is 30.5 Å². The molecule has 104 valence electrons. The van der Waals surface area contributed by atoms with Crippen molar-refractivity contribution in [3.8, 4) is 0 Å². The molecule has 4 nitrogen and oxygen atoms in total. The number of halogens is 1. The molecule has 0 saturated carbocycles. The molecule has 0 bridgehead atoms. The number of primary amides is 1. The highest BCUT2D eigenvalue weighted by Crippen LogP contribution is 2.30. The summed E-state index contributed by atoms with van der Waals surface area (Å²) in [6.45, 7) is 6.71. The molecule has 1 aromatic carbocycles. The van der Waals surface area contributed by atoms with Crippen LogP contribution in [0.4, 0.5) is 0 Å². The lowest BCUT2D eigenvalue weighted by Crippen LogP contribution is -2.52. The fourth-order valence-electron chi connectivity index (χ4n) is 2.71. The lowest BCUT2D eigenvalue weighted by atomic mass is 9.94. The largest absolute Gasteiger partial charge is 0.368 e. The summed E-state index contributed by atoms with van der Waals surface area (Å²) in [7, 11) is 0. The molecule has 0 aromatic heterocycles. The lowest BCUT2D eigenvalue weighted by molar-refractivity contribution is -0.124. The van der Waals surface area contributed by atoms with Crippen LogP contribution in [0.1, 0.15) is 22.7 Å². The quantitative estimate of drug-likeness (QED) is 0.480. The number of amides is 1. The van der Waals surface area contributed by atoms with Crippen molar-refractivity contribution >= 4 is 28.5 Å². The van der Waals surface area contributed by atoms with Crippen LogP contribution in [-0.2, 0) is 4.79 Å². The van der Waals surface area contributed by atoms with Gasteiger partial charge in [-0.3, -0.25) is 9.69 Å². The molecule has 2 rings (SSSR count). The van der Waals surface area contributed by atoms with E-state index in [1.165, 1.54) is 0 Å². The topological polar surface area (TPSA) is 58.4 Å². The van der Waals surface area contributed by atoms with Crippen molar-refractivity contribution in [3.05, 3.63) is 34.9 Å². The minimum Gasteiger partial charge on any atom is -0.368 e. The predicted octanol–water partition coefficient (Wildman–Crippen LogP) is 1.50. The number of carbonyl (C=O) groups excluding carboxylic acids is 1. The Balaban J connectivity index is 2.42. The van der Waals surface area contributed by atoms with Gasteiger partial charge in [0.05, 0.1) is 4.05 Å². The number of alkyl halides is 1. The fraction of sp³-hybridized carbons (Fsp3) is 0.500. The minimum absolute atomic E-state index is 0.263. The fourth-order valence-corrected chi connectivity index (χ4v) is 3.62. The Morgan fingerprint density at radius 2 is 2.11 bits per heavy atom. The number of aryl methyl sites for hydroxylation is 2. The number of carbonyl (C=O) groups is 1. The van der Waals surface area contributed by atoms with Crippen molar-refractivity contribution in [2.75, 3.05) is 19.6 Å². The maximum Gasteiger partial charge on any atom is 0.239 e. The third-order valence-electron chi connectivity index (χ3n) is 3.64. The molecule has 0 aliphatic carbocycles. The monoisotopic (exact) mass is 373 g/mol. The molecule has 19 heavy (non-hydrogen) atoms. The van der Waals surface area contributed by atoms with Gasteiger partial charge in [0.15, 0.2) is 0 Å². The third-order valence-corrected chi connectivity index (χ3v) is 4.79. The van der Waals surface area contributed by atoms with Gasteiger partial charge < -0.3 is 11.1 Å². The van der Waals surface area contributed by atoms with Crippen LogP contribution in [0.25, 0.3) is 0 Å². The number of nitrogens with one attached hydrogen (secondary N) is 1. The Kier molecular flexibility index (Phi) is 4.81. The number of benzene rings is 1. The second-order valence-corrected chi connectivity index (χ2v) is 6.42. The van der Waals surface area contributed by atoms with Crippen molar-refractivity contribution in [1.82, 2.24) is 10.2 Å². The van der Waals surface area contributed by atoms with Gasteiger partial charge in [-0.25, -0.2) is 0 Å². The predicted molar refractivity (Wildman–Crippen MR) is 85.2 cm³/mol. The van der Waals surface area contributed by atoms with E-state index in [2.05, 4.69) is 32.8 Å². The van der Waals surface area contributed by atoms with Gasteiger partial charge in [-0.15, -0.1) is 0 Å². The van der Waals surface area contributed by atoms with Crippen LogP contribution >= 0.6 is 22.6 Å². The highest BCUT2D eigenvalue weighted by atomic mass is 127. The van der Waals surface area contributed by atoms with E-state index in [9.17, 15) is 4.79 Å². The maximum atomic E-state index is 12.0. The standard InChI is InChI=1S/C14H20IN3O/c1-9-4-3-5-10(2)12(9)13(14(16)19)18-7-6-17-8-11(18)15/h3-5,11,13,17H,6-8H2,1-2H3,(H2,16,19). The van der Waals surface area contributed by atoms with Crippen molar-refractivity contribution < 1.29 is 4.79 Å². The van der Waals surface area contributed by atoms with E-state index >= 15 is 0 Å². The lowest BCUT2D eigenvalue weighted by Gasteiger charge is -2.38. The number of rotatable bonds is 3. The molecule has 2 atom stereocenters. The molecule has 3 N–H and O–H groups in total. The van der Waals surface area contributed by atoms with Crippen LogP contribution < -0.4 is 11.1 Å². The number of hydrogen-bond donors (Lipinski definition) is 2. The van der Waals surface area contributed by atoms with Gasteiger partial charge in [0.2, 0.25) is 5.91 Å². The zero-order chi connectivity index (χ0) is 14.0. The third kappa shape index (κ3) is 3.09. The molecule has 1 aliphatic rings. The molecular formula is C14H20IN3O. The second kappa shape index (κ2) is 6.19. The smallest absolute Gasteiger partial charge is 0.239 e. The molecular weight excluding hydrogens is 353 g/mol. The summed E-state index contributed by atoms with van der Waals surface area (Å²) >= 11 is 2.37. The van der Waals surface area contributed by atoms with E-state index in [1.54, 1.807) is 0 Å². The Bertz CT molecular complexity index is 458. The van der Waals surface area contributed by atoms with Crippen molar-refractivity contribution in [1.29, 1.82) is 0 Å². The van der Waals surface area contributed by atoms with E-state index < -0.39 is 0 Å².